The van der Waals surface area contributed by atoms with Crippen molar-refractivity contribution >= 4 is 11.8 Å². The van der Waals surface area contributed by atoms with Crippen molar-refractivity contribution in [3.05, 3.63) is 18.0 Å². The summed E-state index contributed by atoms with van der Waals surface area (Å²) in [7, 11) is 0. The van der Waals surface area contributed by atoms with Crippen LogP contribution in [0.1, 0.15) is 37.4 Å². The van der Waals surface area contributed by atoms with E-state index in [2.05, 4.69) is 5.10 Å². The molecule has 0 aliphatic carbocycles. The van der Waals surface area contributed by atoms with E-state index in [-0.39, 0.29) is 11.6 Å². The number of ether oxygens (including phenoxy) is 1. The normalized spacial score (nSPS) is 26.9. The van der Waals surface area contributed by atoms with E-state index in [1.165, 1.54) is 10.9 Å². The quantitative estimate of drug-likeness (QED) is 0.794. The van der Waals surface area contributed by atoms with E-state index in [4.69, 9.17) is 4.74 Å². The molecule has 2 aliphatic rings. The molecular formula is C13H17F3N2OS. The molecule has 3 rings (SSSR count). The van der Waals surface area contributed by atoms with E-state index >= 15 is 0 Å². The van der Waals surface area contributed by atoms with Crippen molar-refractivity contribution in [1.29, 1.82) is 0 Å². The molecule has 1 aromatic rings. The molecule has 2 aliphatic heterocycles. The molecule has 3 nitrogen and oxygen atoms in total. The maximum atomic E-state index is 12.6. The number of thioether (sulfide) groups is 1. The summed E-state index contributed by atoms with van der Waals surface area (Å²) < 4.78 is 45.3. The first-order valence-corrected chi connectivity index (χ1v) is 7.98. The van der Waals surface area contributed by atoms with Gasteiger partial charge < -0.3 is 4.74 Å². The Bertz CT molecular complexity index is 463. The van der Waals surface area contributed by atoms with Crippen LogP contribution in [-0.2, 0) is 10.9 Å². The summed E-state index contributed by atoms with van der Waals surface area (Å²) in [4.78, 5) is 0. The second-order valence-corrected chi connectivity index (χ2v) is 6.69. The van der Waals surface area contributed by atoms with Gasteiger partial charge in [-0.15, -0.1) is 0 Å². The highest BCUT2D eigenvalue weighted by molar-refractivity contribution is 7.99. The minimum absolute atomic E-state index is 0.0166. The molecule has 112 valence electrons. The summed E-state index contributed by atoms with van der Waals surface area (Å²) in [5.41, 5.74) is -0.948. The monoisotopic (exact) mass is 306 g/mol. The number of rotatable bonds is 1. The average Bonchev–Trinajstić information content (AvgIpc) is 2.89. The van der Waals surface area contributed by atoms with Gasteiger partial charge in [-0.05, 0) is 43.3 Å². The van der Waals surface area contributed by atoms with Gasteiger partial charge in [-0.1, -0.05) is 0 Å². The average molecular weight is 306 g/mol. The minimum Gasteiger partial charge on any atom is -0.375 e. The van der Waals surface area contributed by atoms with Gasteiger partial charge in [0.1, 0.15) is 0 Å². The largest absolute Gasteiger partial charge is 0.435 e. The summed E-state index contributed by atoms with van der Waals surface area (Å²) >= 11 is 1.92. The summed E-state index contributed by atoms with van der Waals surface area (Å²) in [6.45, 7) is 0.608. The van der Waals surface area contributed by atoms with E-state index < -0.39 is 11.9 Å². The van der Waals surface area contributed by atoms with Crippen molar-refractivity contribution in [3.8, 4) is 0 Å². The van der Waals surface area contributed by atoms with Crippen molar-refractivity contribution in [3.63, 3.8) is 0 Å². The molecule has 1 aromatic heterocycles. The Morgan fingerprint density at radius 2 is 2.10 bits per heavy atom. The Hall–Kier alpha value is -0.690. The molecule has 7 heteroatoms. The van der Waals surface area contributed by atoms with Gasteiger partial charge in [0.05, 0.1) is 11.6 Å². The number of nitrogens with zero attached hydrogens (tertiary/aromatic N) is 2. The Kier molecular flexibility index (Phi) is 3.75. The van der Waals surface area contributed by atoms with Gasteiger partial charge in [0.25, 0.3) is 0 Å². The minimum atomic E-state index is -4.37. The fourth-order valence-electron chi connectivity index (χ4n) is 3.01. The first kappa shape index (κ1) is 14.3. The highest BCUT2D eigenvalue weighted by Crippen LogP contribution is 2.41. The second-order valence-electron chi connectivity index (χ2n) is 5.47. The molecule has 1 unspecified atom stereocenters. The molecular weight excluding hydrogens is 289 g/mol. The lowest BCUT2D eigenvalue weighted by Gasteiger charge is -2.43. The number of hydrogen-bond donors (Lipinski definition) is 0. The fourth-order valence-corrected chi connectivity index (χ4v) is 4.25. The number of alkyl halides is 3. The third-order valence-electron chi connectivity index (χ3n) is 4.14. The Balaban J connectivity index is 1.75. The molecule has 1 atom stereocenters. The van der Waals surface area contributed by atoms with Crippen molar-refractivity contribution < 1.29 is 17.9 Å². The molecule has 0 aromatic carbocycles. The third kappa shape index (κ3) is 2.83. The van der Waals surface area contributed by atoms with Crippen LogP contribution >= 0.6 is 11.8 Å². The lowest BCUT2D eigenvalue weighted by Crippen LogP contribution is -2.43. The molecule has 0 saturated carbocycles. The first-order chi connectivity index (χ1) is 9.49. The van der Waals surface area contributed by atoms with Gasteiger partial charge in [0.15, 0.2) is 5.69 Å². The molecule has 0 radical (unpaired) electrons. The number of halogens is 3. The Labute approximate surface area is 119 Å². The maximum absolute atomic E-state index is 12.6. The fraction of sp³-hybridized carbons (Fsp3) is 0.769. The molecule has 20 heavy (non-hydrogen) atoms. The van der Waals surface area contributed by atoms with Crippen LogP contribution in [0, 0.1) is 0 Å². The van der Waals surface area contributed by atoms with E-state index in [0.717, 1.165) is 43.3 Å². The predicted molar refractivity (Wildman–Crippen MR) is 70.7 cm³/mol. The molecule has 0 bridgehead atoms. The summed E-state index contributed by atoms with van der Waals surface area (Å²) in [6, 6.07) is 1.07. The zero-order valence-corrected chi connectivity index (χ0v) is 11.8. The smallest absolute Gasteiger partial charge is 0.375 e. The highest BCUT2D eigenvalue weighted by Gasteiger charge is 2.40. The number of aromatic nitrogens is 2. The number of hydrogen-bond acceptors (Lipinski definition) is 3. The Morgan fingerprint density at radius 3 is 2.75 bits per heavy atom. The van der Waals surface area contributed by atoms with Crippen LogP contribution in [0.5, 0.6) is 0 Å². The van der Waals surface area contributed by atoms with Crippen LogP contribution in [0.25, 0.3) is 0 Å². The van der Waals surface area contributed by atoms with E-state index in [9.17, 15) is 13.2 Å². The second kappa shape index (κ2) is 5.26. The zero-order valence-electron chi connectivity index (χ0n) is 11.0. The molecule has 3 heterocycles. The van der Waals surface area contributed by atoms with Crippen LogP contribution in [0.3, 0.4) is 0 Å². The van der Waals surface area contributed by atoms with Crippen molar-refractivity contribution in [2.24, 2.45) is 0 Å². The summed E-state index contributed by atoms with van der Waals surface area (Å²) in [6.07, 6.45) is 0.559. The van der Waals surface area contributed by atoms with Crippen LogP contribution in [-0.4, -0.2) is 33.5 Å². The van der Waals surface area contributed by atoms with Gasteiger partial charge in [0.2, 0.25) is 0 Å². The van der Waals surface area contributed by atoms with E-state index in [1.54, 1.807) is 0 Å². The molecule has 1 spiro atoms. The van der Waals surface area contributed by atoms with Crippen LogP contribution in [0.4, 0.5) is 13.2 Å². The first-order valence-electron chi connectivity index (χ1n) is 6.83. The maximum Gasteiger partial charge on any atom is 0.435 e. The van der Waals surface area contributed by atoms with Crippen LogP contribution in [0.15, 0.2) is 12.3 Å². The van der Waals surface area contributed by atoms with Gasteiger partial charge in [-0.3, -0.25) is 4.68 Å². The van der Waals surface area contributed by atoms with Gasteiger partial charge in [0, 0.05) is 12.8 Å². The van der Waals surface area contributed by atoms with E-state index in [0.29, 0.717) is 6.61 Å². The van der Waals surface area contributed by atoms with Gasteiger partial charge in [-0.25, -0.2) is 0 Å². The standard InChI is InChI=1S/C13H17F3N2OS/c14-13(15,16)11-1-5-18(17-11)10-2-6-19-12(9-10)3-7-20-8-4-12/h1,5,10H,2-4,6-9H2. The molecule has 2 saturated heterocycles. The molecule has 0 N–H and O–H groups in total. The Morgan fingerprint density at radius 1 is 1.35 bits per heavy atom. The van der Waals surface area contributed by atoms with Crippen molar-refractivity contribution in [2.75, 3.05) is 18.1 Å². The predicted octanol–water partition coefficient (Wildman–Crippen LogP) is 3.52. The lowest BCUT2D eigenvalue weighted by atomic mass is 9.85. The van der Waals surface area contributed by atoms with Crippen molar-refractivity contribution in [1.82, 2.24) is 9.78 Å². The highest BCUT2D eigenvalue weighted by atomic mass is 32.2. The van der Waals surface area contributed by atoms with Crippen molar-refractivity contribution in [2.45, 2.75) is 43.5 Å². The summed E-state index contributed by atoms with van der Waals surface area (Å²) in [5, 5.41) is 3.71. The zero-order chi connectivity index (χ0) is 14.2. The van der Waals surface area contributed by atoms with E-state index in [1.807, 2.05) is 11.8 Å². The van der Waals surface area contributed by atoms with Crippen LogP contribution < -0.4 is 0 Å². The van der Waals surface area contributed by atoms with Crippen LogP contribution in [0.2, 0.25) is 0 Å². The topological polar surface area (TPSA) is 27.1 Å². The molecule has 0 amide bonds. The van der Waals surface area contributed by atoms with Gasteiger partial charge in [-0.2, -0.15) is 30.0 Å². The molecule has 2 fully saturated rings. The summed E-state index contributed by atoms with van der Waals surface area (Å²) in [5.74, 6) is 2.14. The lowest BCUT2D eigenvalue weighted by molar-refractivity contribution is -0.142. The van der Waals surface area contributed by atoms with Gasteiger partial charge >= 0.3 is 6.18 Å². The SMILES string of the molecule is FC(F)(F)c1ccn(C2CCOC3(CCSCC3)C2)n1. The third-order valence-corrected chi connectivity index (χ3v) is 5.13.